The second-order valence-electron chi connectivity index (χ2n) is 9.23. The van der Waals surface area contributed by atoms with Gasteiger partial charge in [0.25, 0.3) is 0 Å². The summed E-state index contributed by atoms with van der Waals surface area (Å²) in [5, 5.41) is 4.48. The van der Waals surface area contributed by atoms with E-state index in [9.17, 15) is 8.96 Å². The van der Waals surface area contributed by atoms with Crippen molar-refractivity contribution in [2.75, 3.05) is 38.8 Å². The second-order valence-corrected chi connectivity index (χ2v) is 12.4. The number of aromatic amines is 1. The zero-order valence-electron chi connectivity index (χ0n) is 19.5. The van der Waals surface area contributed by atoms with E-state index in [-0.39, 0.29) is 6.10 Å². The molecule has 6 nitrogen and oxygen atoms in total. The topological polar surface area (TPSA) is 70.2 Å². The molecule has 0 bridgehead atoms. The predicted octanol–water partition coefficient (Wildman–Crippen LogP) is 5.44. The highest BCUT2D eigenvalue weighted by Gasteiger charge is 2.21. The molecule has 1 aliphatic heterocycles. The molecule has 0 radical (unpaired) electrons. The van der Waals surface area contributed by atoms with Crippen LogP contribution in [0.1, 0.15) is 6.42 Å². The summed E-state index contributed by atoms with van der Waals surface area (Å²) in [6, 6.07) is 17.1. The Hall–Kier alpha value is -3.15. The van der Waals surface area contributed by atoms with Gasteiger partial charge in [0.2, 0.25) is 0 Å². The number of rotatable bonds is 6. The lowest BCUT2D eigenvalue weighted by Gasteiger charge is -2.16. The Labute approximate surface area is 198 Å². The van der Waals surface area contributed by atoms with Crippen LogP contribution in [0.5, 0.6) is 5.75 Å². The standard InChI is InChI=1S/C26H28FN4O2P/c1-31-13-12-19(16-31)33-18-10-8-17(9-11-18)23-14-20-25(21(27)15-28-26(20)30-23)29-22-6-4-5-7-24(22)34(2,3)32/h4-11,14-15,19H,12-13,16H2,1-3H3,(H2,28,29,30)/t19-/m0/s1. The average molecular weight is 479 g/mol. The lowest BCUT2D eigenvalue weighted by Crippen LogP contribution is -2.21. The van der Waals surface area contributed by atoms with Crippen LogP contribution in [0.2, 0.25) is 0 Å². The summed E-state index contributed by atoms with van der Waals surface area (Å²) in [5.41, 5.74) is 3.28. The fourth-order valence-electron chi connectivity index (χ4n) is 4.41. The summed E-state index contributed by atoms with van der Waals surface area (Å²) in [6.45, 7) is 5.40. The number of hydrogen-bond donors (Lipinski definition) is 2. The van der Waals surface area contributed by atoms with Gasteiger partial charge in [-0.25, -0.2) is 9.37 Å². The summed E-state index contributed by atoms with van der Waals surface area (Å²) >= 11 is 0. The summed E-state index contributed by atoms with van der Waals surface area (Å²) in [5.74, 6) is 0.368. The first-order valence-electron chi connectivity index (χ1n) is 11.3. The molecule has 1 aliphatic rings. The van der Waals surface area contributed by atoms with Crippen LogP contribution in [-0.2, 0) is 4.57 Å². The van der Waals surface area contributed by atoms with Crippen molar-refractivity contribution in [3.05, 3.63) is 66.6 Å². The van der Waals surface area contributed by atoms with Gasteiger partial charge in [0.05, 0.1) is 11.9 Å². The zero-order chi connectivity index (χ0) is 23.9. The molecular formula is C26H28FN4O2P. The Kier molecular flexibility index (Phi) is 5.92. The van der Waals surface area contributed by atoms with Gasteiger partial charge in [0.1, 0.15) is 24.6 Å². The molecule has 1 atom stereocenters. The van der Waals surface area contributed by atoms with Gasteiger partial charge in [-0.1, -0.05) is 12.1 Å². The van der Waals surface area contributed by atoms with Crippen molar-refractivity contribution >= 4 is 34.9 Å². The number of halogens is 1. The van der Waals surface area contributed by atoms with Crippen LogP contribution in [0.3, 0.4) is 0 Å². The molecule has 8 heteroatoms. The molecular weight excluding hydrogens is 450 g/mol. The molecule has 1 fully saturated rings. The van der Waals surface area contributed by atoms with Crippen molar-refractivity contribution in [3.8, 4) is 17.0 Å². The van der Waals surface area contributed by atoms with Crippen molar-refractivity contribution in [1.82, 2.24) is 14.9 Å². The number of benzene rings is 2. The fraction of sp³-hybridized carbons (Fsp3) is 0.269. The Morgan fingerprint density at radius 2 is 1.94 bits per heavy atom. The number of H-pyrrole nitrogens is 1. The molecule has 0 saturated carbocycles. The summed E-state index contributed by atoms with van der Waals surface area (Å²) in [7, 11) is -0.452. The number of aromatic nitrogens is 2. The van der Waals surface area contributed by atoms with E-state index in [1.165, 1.54) is 6.20 Å². The van der Waals surface area contributed by atoms with E-state index in [2.05, 4.69) is 27.2 Å². The maximum Gasteiger partial charge on any atom is 0.165 e. The monoisotopic (exact) mass is 478 g/mol. The van der Waals surface area contributed by atoms with E-state index in [0.717, 1.165) is 36.5 Å². The zero-order valence-corrected chi connectivity index (χ0v) is 20.4. The fourth-order valence-corrected chi connectivity index (χ4v) is 5.57. The van der Waals surface area contributed by atoms with Crippen LogP contribution in [0.25, 0.3) is 22.3 Å². The minimum Gasteiger partial charge on any atom is -0.489 e. The number of nitrogens with zero attached hydrogens (tertiary/aromatic N) is 2. The molecule has 2 aromatic carbocycles. The summed E-state index contributed by atoms with van der Waals surface area (Å²) < 4.78 is 33.7. The maximum absolute atomic E-state index is 14.9. The van der Waals surface area contributed by atoms with Crippen LogP contribution in [-0.4, -0.2) is 54.4 Å². The van der Waals surface area contributed by atoms with Gasteiger partial charge in [0.15, 0.2) is 5.82 Å². The molecule has 2 aromatic heterocycles. The highest BCUT2D eigenvalue weighted by molar-refractivity contribution is 7.70. The van der Waals surface area contributed by atoms with Gasteiger partial charge in [-0.05, 0) is 74.8 Å². The minimum atomic E-state index is -2.55. The third-order valence-electron chi connectivity index (χ3n) is 6.17. The van der Waals surface area contributed by atoms with E-state index in [4.69, 9.17) is 4.74 Å². The van der Waals surface area contributed by atoms with E-state index >= 15 is 0 Å². The van der Waals surface area contributed by atoms with Gasteiger partial charge in [-0.2, -0.15) is 0 Å². The van der Waals surface area contributed by atoms with Crippen molar-refractivity contribution in [1.29, 1.82) is 0 Å². The lowest BCUT2D eigenvalue weighted by molar-refractivity contribution is 0.208. The molecule has 0 unspecified atom stereocenters. The van der Waals surface area contributed by atoms with Crippen LogP contribution < -0.4 is 15.4 Å². The van der Waals surface area contributed by atoms with Gasteiger partial charge >= 0.3 is 0 Å². The number of anilines is 2. The van der Waals surface area contributed by atoms with Crippen LogP contribution in [0.4, 0.5) is 15.8 Å². The van der Waals surface area contributed by atoms with Gasteiger partial charge in [-0.15, -0.1) is 0 Å². The first-order chi connectivity index (χ1) is 16.3. The maximum atomic E-state index is 14.9. The van der Waals surface area contributed by atoms with Crippen LogP contribution >= 0.6 is 7.14 Å². The van der Waals surface area contributed by atoms with Crippen molar-refractivity contribution in [2.24, 2.45) is 0 Å². The summed E-state index contributed by atoms with van der Waals surface area (Å²) in [6.07, 6.45) is 2.44. The molecule has 0 amide bonds. The molecule has 0 spiro atoms. The molecule has 5 rings (SSSR count). The number of likely N-dealkylation sites (tertiary alicyclic amines) is 1. The largest absolute Gasteiger partial charge is 0.489 e. The highest BCUT2D eigenvalue weighted by Crippen LogP contribution is 2.39. The minimum absolute atomic E-state index is 0.217. The normalized spacial score (nSPS) is 16.8. The van der Waals surface area contributed by atoms with E-state index in [1.54, 1.807) is 13.3 Å². The van der Waals surface area contributed by atoms with Gasteiger partial charge in [-0.3, -0.25) is 0 Å². The van der Waals surface area contributed by atoms with E-state index in [0.29, 0.717) is 27.7 Å². The predicted molar refractivity (Wildman–Crippen MR) is 137 cm³/mol. The van der Waals surface area contributed by atoms with E-state index < -0.39 is 13.0 Å². The quantitative estimate of drug-likeness (QED) is 0.361. The second kappa shape index (κ2) is 8.90. The van der Waals surface area contributed by atoms with Gasteiger partial charge < -0.3 is 24.5 Å². The van der Waals surface area contributed by atoms with Crippen molar-refractivity contribution in [3.63, 3.8) is 0 Å². The average Bonchev–Trinajstić information content (AvgIpc) is 3.42. The summed E-state index contributed by atoms with van der Waals surface area (Å²) in [4.78, 5) is 9.79. The third-order valence-corrected chi connectivity index (χ3v) is 7.72. The SMILES string of the molecule is CN1CC[C@H](Oc2ccc(-c3cc4c(Nc5ccccc5P(C)(C)=O)c(F)cnc4[nH]3)cc2)C1. The van der Waals surface area contributed by atoms with Crippen LogP contribution in [0.15, 0.2) is 60.8 Å². The Bertz CT molecular complexity index is 1380. The Balaban J connectivity index is 1.45. The molecule has 3 heterocycles. The Morgan fingerprint density at radius 3 is 2.65 bits per heavy atom. The third kappa shape index (κ3) is 4.59. The molecule has 1 saturated heterocycles. The number of pyridine rings is 1. The number of nitrogens with one attached hydrogen (secondary N) is 2. The van der Waals surface area contributed by atoms with Gasteiger partial charge in [0, 0.05) is 35.2 Å². The smallest absolute Gasteiger partial charge is 0.165 e. The van der Waals surface area contributed by atoms with Crippen LogP contribution in [0, 0.1) is 5.82 Å². The first-order valence-corrected chi connectivity index (χ1v) is 13.9. The molecule has 34 heavy (non-hydrogen) atoms. The van der Waals surface area contributed by atoms with Crippen molar-refractivity contribution in [2.45, 2.75) is 12.5 Å². The number of ether oxygens (including phenoxy) is 1. The molecule has 176 valence electrons. The lowest BCUT2D eigenvalue weighted by atomic mass is 10.1. The highest BCUT2D eigenvalue weighted by atomic mass is 31.2. The number of para-hydroxylation sites is 1. The first kappa shape index (κ1) is 22.6. The van der Waals surface area contributed by atoms with Crippen molar-refractivity contribution < 1.29 is 13.7 Å². The number of fused-ring (bicyclic) bond motifs is 1. The molecule has 4 aromatic rings. The molecule has 0 aliphatic carbocycles. The van der Waals surface area contributed by atoms with E-state index in [1.807, 2.05) is 54.6 Å². The molecule has 2 N–H and O–H groups in total. The Morgan fingerprint density at radius 1 is 1.18 bits per heavy atom. The number of likely N-dealkylation sites (N-methyl/N-ethyl adjacent to an activating group) is 1. The number of hydrogen-bond acceptors (Lipinski definition) is 5.